The molecule has 0 aliphatic carbocycles. The zero-order valence-electron chi connectivity index (χ0n) is 20.7. The monoisotopic (exact) mass is 554 g/mol. The Morgan fingerprint density at radius 2 is 1.63 bits per heavy atom. The molecule has 196 valence electrons. The van der Waals surface area contributed by atoms with Crippen LogP contribution in [0.3, 0.4) is 0 Å². The van der Waals surface area contributed by atoms with Crippen LogP contribution in [0.5, 0.6) is 11.5 Å². The zero-order chi connectivity index (χ0) is 27.1. The van der Waals surface area contributed by atoms with Crippen LogP contribution in [0.25, 0.3) is 22.5 Å². The van der Waals surface area contributed by atoms with Crippen molar-refractivity contribution in [3.8, 4) is 34.0 Å². The van der Waals surface area contributed by atoms with Gasteiger partial charge in [0.1, 0.15) is 5.82 Å². The van der Waals surface area contributed by atoms with Crippen molar-refractivity contribution in [2.75, 3.05) is 32.6 Å². The molecule has 10 heteroatoms. The SMILES string of the molecule is COc1ccc(CCNC(=O)CNc2nc(-c3ccccc3)cc(-c3cc(F)c(Cl)cc3Cl)n2)cc1OC. The Balaban J connectivity index is 1.47. The summed E-state index contributed by atoms with van der Waals surface area (Å²) in [6.07, 6.45) is 0.608. The summed E-state index contributed by atoms with van der Waals surface area (Å²) in [4.78, 5) is 21.5. The molecular formula is C28H25Cl2FN4O3. The smallest absolute Gasteiger partial charge is 0.239 e. The lowest BCUT2D eigenvalue weighted by molar-refractivity contribution is -0.119. The van der Waals surface area contributed by atoms with Crippen LogP contribution < -0.4 is 20.1 Å². The van der Waals surface area contributed by atoms with E-state index in [9.17, 15) is 9.18 Å². The Labute approximate surface area is 229 Å². The molecule has 4 rings (SSSR count). The van der Waals surface area contributed by atoms with E-state index >= 15 is 0 Å². The van der Waals surface area contributed by atoms with Crippen LogP contribution in [0.15, 0.2) is 66.7 Å². The molecular weight excluding hydrogens is 530 g/mol. The number of carbonyl (C=O) groups excluding carboxylic acids is 1. The van der Waals surface area contributed by atoms with E-state index in [-0.39, 0.29) is 28.4 Å². The first-order chi connectivity index (χ1) is 18.4. The third kappa shape index (κ3) is 6.70. The number of carbonyl (C=O) groups is 1. The van der Waals surface area contributed by atoms with Gasteiger partial charge in [-0.25, -0.2) is 14.4 Å². The highest BCUT2D eigenvalue weighted by atomic mass is 35.5. The van der Waals surface area contributed by atoms with Gasteiger partial charge >= 0.3 is 0 Å². The molecule has 1 heterocycles. The molecule has 4 aromatic rings. The molecule has 0 aliphatic rings. The molecule has 3 aromatic carbocycles. The van der Waals surface area contributed by atoms with Crippen molar-refractivity contribution >= 4 is 35.1 Å². The molecule has 0 radical (unpaired) electrons. The highest BCUT2D eigenvalue weighted by Crippen LogP contribution is 2.33. The lowest BCUT2D eigenvalue weighted by Crippen LogP contribution is -2.31. The maximum atomic E-state index is 14.2. The molecule has 0 fully saturated rings. The topological polar surface area (TPSA) is 85.4 Å². The maximum Gasteiger partial charge on any atom is 0.239 e. The van der Waals surface area contributed by atoms with Gasteiger partial charge in [-0.1, -0.05) is 59.6 Å². The van der Waals surface area contributed by atoms with Crippen LogP contribution in [-0.2, 0) is 11.2 Å². The molecule has 0 unspecified atom stereocenters. The number of benzene rings is 3. The van der Waals surface area contributed by atoms with Gasteiger partial charge in [0, 0.05) is 17.7 Å². The number of methoxy groups -OCH3 is 2. The van der Waals surface area contributed by atoms with Gasteiger partial charge in [0.05, 0.1) is 42.2 Å². The Hall–Kier alpha value is -3.88. The lowest BCUT2D eigenvalue weighted by atomic mass is 10.1. The summed E-state index contributed by atoms with van der Waals surface area (Å²) in [6.45, 7) is 0.359. The van der Waals surface area contributed by atoms with Crippen LogP contribution in [0.2, 0.25) is 10.0 Å². The lowest BCUT2D eigenvalue weighted by Gasteiger charge is -2.12. The first kappa shape index (κ1) is 27.2. The van der Waals surface area contributed by atoms with E-state index < -0.39 is 5.82 Å². The summed E-state index contributed by atoms with van der Waals surface area (Å²) in [6, 6.07) is 19.3. The van der Waals surface area contributed by atoms with E-state index in [2.05, 4.69) is 20.6 Å². The highest BCUT2D eigenvalue weighted by Gasteiger charge is 2.15. The van der Waals surface area contributed by atoms with Gasteiger partial charge in [0.25, 0.3) is 0 Å². The fraction of sp³-hybridized carbons (Fsp3) is 0.179. The predicted molar refractivity (Wildman–Crippen MR) is 148 cm³/mol. The summed E-state index contributed by atoms with van der Waals surface area (Å²) in [5, 5.41) is 5.99. The van der Waals surface area contributed by atoms with E-state index in [0.29, 0.717) is 41.4 Å². The van der Waals surface area contributed by atoms with Crippen LogP contribution in [0, 0.1) is 5.82 Å². The summed E-state index contributed by atoms with van der Waals surface area (Å²) < 4.78 is 24.8. The number of hydrogen-bond acceptors (Lipinski definition) is 6. The fourth-order valence-electron chi connectivity index (χ4n) is 3.74. The summed E-state index contributed by atoms with van der Waals surface area (Å²) in [5.41, 5.74) is 3.14. The van der Waals surface area contributed by atoms with Crippen LogP contribution in [-0.4, -0.2) is 43.2 Å². The minimum Gasteiger partial charge on any atom is -0.493 e. The Morgan fingerprint density at radius 1 is 0.895 bits per heavy atom. The van der Waals surface area contributed by atoms with Gasteiger partial charge in [0.2, 0.25) is 11.9 Å². The van der Waals surface area contributed by atoms with Crippen LogP contribution in [0.4, 0.5) is 10.3 Å². The van der Waals surface area contributed by atoms with Crippen molar-refractivity contribution < 1.29 is 18.7 Å². The molecule has 0 bridgehead atoms. The van der Waals surface area contributed by atoms with E-state index in [4.69, 9.17) is 32.7 Å². The van der Waals surface area contributed by atoms with Crippen molar-refractivity contribution in [2.24, 2.45) is 0 Å². The van der Waals surface area contributed by atoms with Crippen LogP contribution >= 0.6 is 23.2 Å². The Morgan fingerprint density at radius 3 is 2.37 bits per heavy atom. The number of rotatable bonds is 10. The third-order valence-electron chi connectivity index (χ3n) is 5.67. The van der Waals surface area contributed by atoms with Crippen molar-refractivity contribution in [1.29, 1.82) is 0 Å². The predicted octanol–water partition coefficient (Wildman–Crippen LogP) is 6.04. The average molecular weight is 555 g/mol. The molecule has 1 amide bonds. The Bertz CT molecular complexity index is 1440. The van der Waals surface area contributed by atoms with Crippen molar-refractivity contribution in [2.45, 2.75) is 6.42 Å². The molecule has 7 nitrogen and oxygen atoms in total. The van der Waals surface area contributed by atoms with Gasteiger partial charge < -0.3 is 20.1 Å². The second kappa shape index (κ2) is 12.6. The van der Waals surface area contributed by atoms with E-state index in [0.717, 1.165) is 11.1 Å². The van der Waals surface area contributed by atoms with Gasteiger partial charge in [-0.2, -0.15) is 0 Å². The van der Waals surface area contributed by atoms with E-state index in [1.165, 1.54) is 12.1 Å². The minimum absolute atomic E-state index is 0.0632. The maximum absolute atomic E-state index is 14.2. The van der Waals surface area contributed by atoms with Crippen molar-refractivity contribution in [3.63, 3.8) is 0 Å². The summed E-state index contributed by atoms with van der Waals surface area (Å²) in [7, 11) is 3.15. The number of amides is 1. The van der Waals surface area contributed by atoms with Gasteiger partial charge in [-0.05, 0) is 42.3 Å². The molecule has 0 atom stereocenters. The van der Waals surface area contributed by atoms with Crippen LogP contribution in [0.1, 0.15) is 5.56 Å². The summed E-state index contributed by atoms with van der Waals surface area (Å²) >= 11 is 12.2. The normalized spacial score (nSPS) is 10.7. The number of anilines is 1. The van der Waals surface area contributed by atoms with Gasteiger partial charge in [-0.3, -0.25) is 4.79 Å². The molecule has 0 aliphatic heterocycles. The molecule has 0 saturated carbocycles. The first-order valence-corrected chi connectivity index (χ1v) is 12.4. The average Bonchev–Trinajstić information content (AvgIpc) is 2.94. The Kier molecular flexibility index (Phi) is 8.99. The zero-order valence-corrected chi connectivity index (χ0v) is 22.2. The van der Waals surface area contributed by atoms with Crippen molar-refractivity contribution in [3.05, 3.63) is 88.2 Å². The van der Waals surface area contributed by atoms with Gasteiger partial charge in [0.15, 0.2) is 11.5 Å². The number of halogens is 3. The second-order valence-electron chi connectivity index (χ2n) is 8.22. The number of nitrogens with zero attached hydrogens (tertiary/aromatic N) is 2. The number of hydrogen-bond donors (Lipinski definition) is 2. The molecule has 0 saturated heterocycles. The first-order valence-electron chi connectivity index (χ1n) is 11.7. The fourth-order valence-corrected chi connectivity index (χ4v) is 4.22. The summed E-state index contributed by atoms with van der Waals surface area (Å²) in [5.74, 6) is 0.613. The number of ether oxygens (including phenoxy) is 2. The van der Waals surface area contributed by atoms with E-state index in [1.54, 1.807) is 20.3 Å². The van der Waals surface area contributed by atoms with Crippen molar-refractivity contribution in [1.82, 2.24) is 15.3 Å². The number of nitrogens with one attached hydrogen (secondary N) is 2. The molecule has 0 spiro atoms. The van der Waals surface area contributed by atoms with Gasteiger partial charge in [-0.15, -0.1) is 0 Å². The van der Waals surface area contributed by atoms with E-state index in [1.807, 2.05) is 48.5 Å². The minimum atomic E-state index is -0.616. The molecule has 1 aromatic heterocycles. The number of aromatic nitrogens is 2. The largest absolute Gasteiger partial charge is 0.493 e. The third-order valence-corrected chi connectivity index (χ3v) is 6.27. The quantitative estimate of drug-likeness (QED) is 0.232. The second-order valence-corrected chi connectivity index (χ2v) is 9.03. The molecule has 2 N–H and O–H groups in total. The standard InChI is InChI=1S/C28H25Cl2FN4O3/c1-37-25-9-8-17(12-26(25)38-2)10-11-32-27(36)16-33-28-34-23(18-6-4-3-5-7-18)15-24(35-28)19-13-22(31)21(30)14-20(19)29/h3-9,12-15H,10-11,16H2,1-2H3,(H,32,36)(H,33,34,35). The highest BCUT2D eigenvalue weighted by molar-refractivity contribution is 6.36. The molecule has 38 heavy (non-hydrogen) atoms.